The summed E-state index contributed by atoms with van der Waals surface area (Å²) in [6, 6.07) is 17.0. The van der Waals surface area contributed by atoms with E-state index in [0.717, 1.165) is 42.9 Å². The number of halogens is 1. The van der Waals surface area contributed by atoms with Crippen LogP contribution in [0.1, 0.15) is 50.0 Å². The number of aryl methyl sites for hydroxylation is 2. The fourth-order valence-corrected chi connectivity index (χ4v) is 5.00. The van der Waals surface area contributed by atoms with Crippen molar-refractivity contribution in [1.29, 1.82) is 0 Å². The highest BCUT2D eigenvalue weighted by Gasteiger charge is 2.34. The highest BCUT2D eigenvalue weighted by atomic mass is 35.5. The van der Waals surface area contributed by atoms with Gasteiger partial charge in [-0.3, -0.25) is 14.6 Å². The fourth-order valence-electron chi connectivity index (χ4n) is 4.77. The van der Waals surface area contributed by atoms with E-state index >= 15 is 0 Å². The molecule has 1 atom stereocenters. The normalized spacial score (nSPS) is 17.1. The summed E-state index contributed by atoms with van der Waals surface area (Å²) >= 11 is 6.19. The van der Waals surface area contributed by atoms with Crippen molar-refractivity contribution < 1.29 is 9.59 Å². The molecule has 2 aromatic carbocycles. The van der Waals surface area contributed by atoms with E-state index in [-0.39, 0.29) is 23.9 Å². The summed E-state index contributed by atoms with van der Waals surface area (Å²) in [5.41, 5.74) is 5.43. The number of hydrogen-bond donors (Lipinski definition) is 1. The molecule has 1 aliphatic heterocycles. The Morgan fingerprint density at radius 2 is 1.91 bits per heavy atom. The number of carbonyl (C=O) groups is 2. The van der Waals surface area contributed by atoms with Crippen LogP contribution in [0, 0.1) is 6.92 Å². The topological polar surface area (TPSA) is 65.5 Å². The molecule has 0 bridgehead atoms. The van der Waals surface area contributed by atoms with Crippen LogP contribution in [0.5, 0.6) is 0 Å². The quantitative estimate of drug-likeness (QED) is 0.594. The van der Waals surface area contributed by atoms with Crippen LogP contribution >= 0.6 is 11.6 Å². The first-order chi connectivity index (χ1) is 16.4. The molecule has 2 aliphatic rings. The third kappa shape index (κ3) is 4.26. The van der Waals surface area contributed by atoms with Gasteiger partial charge in [0.2, 0.25) is 0 Å². The van der Waals surface area contributed by atoms with Crippen molar-refractivity contribution in [3.63, 3.8) is 0 Å². The van der Waals surface area contributed by atoms with Crippen LogP contribution in [0.4, 0.5) is 5.69 Å². The van der Waals surface area contributed by atoms with Crippen molar-refractivity contribution in [3.05, 3.63) is 93.8 Å². The number of nitrogens with one attached hydrogen (secondary N) is 1. The van der Waals surface area contributed by atoms with Gasteiger partial charge in [-0.25, -0.2) is 0 Å². The monoisotopic (exact) mass is 474 g/mol. The predicted octanol–water partition coefficient (Wildman–Crippen LogP) is 4.42. The summed E-state index contributed by atoms with van der Waals surface area (Å²) in [7, 11) is 1.87. The molecule has 0 spiro atoms. The number of fused-ring (bicyclic) bond motifs is 1. The third-order valence-electron chi connectivity index (χ3n) is 6.87. The molecule has 2 heterocycles. The summed E-state index contributed by atoms with van der Waals surface area (Å²) in [6.45, 7) is 3.58. The van der Waals surface area contributed by atoms with Crippen molar-refractivity contribution in [1.82, 2.24) is 15.2 Å². The van der Waals surface area contributed by atoms with Gasteiger partial charge < -0.3 is 15.1 Å². The van der Waals surface area contributed by atoms with Crippen molar-refractivity contribution in [2.75, 3.05) is 25.0 Å². The largest absolute Gasteiger partial charge is 0.367 e. The molecule has 1 fully saturated rings. The van der Waals surface area contributed by atoms with Crippen LogP contribution in [0.2, 0.25) is 5.02 Å². The highest BCUT2D eigenvalue weighted by Crippen LogP contribution is 2.33. The number of aromatic nitrogens is 1. The second-order valence-corrected chi connectivity index (χ2v) is 9.50. The minimum Gasteiger partial charge on any atom is -0.367 e. The number of likely N-dealkylation sites (N-methyl/N-ethyl adjacent to an activating group) is 1. The second kappa shape index (κ2) is 9.11. The Morgan fingerprint density at radius 3 is 2.68 bits per heavy atom. The Bertz CT molecular complexity index is 1250. The minimum absolute atomic E-state index is 0.00133. The average molecular weight is 475 g/mol. The lowest BCUT2D eigenvalue weighted by Crippen LogP contribution is -2.59. The SMILES string of the molecule is Cc1cc(N2CC(N(C)C(=O)c3ccc4c(c3)[C@H](NC(=O)c3ccccc3Cl)CC4)C2)ccn1. The van der Waals surface area contributed by atoms with Gasteiger partial charge in [0, 0.05) is 43.3 Å². The molecule has 0 unspecified atom stereocenters. The van der Waals surface area contributed by atoms with Crippen LogP contribution in [0.25, 0.3) is 0 Å². The van der Waals surface area contributed by atoms with Crippen LogP contribution < -0.4 is 10.2 Å². The van der Waals surface area contributed by atoms with Gasteiger partial charge >= 0.3 is 0 Å². The summed E-state index contributed by atoms with van der Waals surface area (Å²) in [5, 5.41) is 3.53. The van der Waals surface area contributed by atoms with Crippen molar-refractivity contribution >= 4 is 29.1 Å². The van der Waals surface area contributed by atoms with E-state index in [1.807, 2.05) is 49.3 Å². The van der Waals surface area contributed by atoms with Gasteiger partial charge in [0.25, 0.3) is 11.8 Å². The Hall–Kier alpha value is -3.38. The van der Waals surface area contributed by atoms with E-state index in [4.69, 9.17) is 11.6 Å². The van der Waals surface area contributed by atoms with Crippen LogP contribution in [-0.4, -0.2) is 47.9 Å². The van der Waals surface area contributed by atoms with Crippen molar-refractivity contribution in [3.8, 4) is 0 Å². The van der Waals surface area contributed by atoms with Crippen molar-refractivity contribution in [2.24, 2.45) is 0 Å². The van der Waals surface area contributed by atoms with E-state index in [1.165, 1.54) is 5.56 Å². The predicted molar refractivity (Wildman–Crippen MR) is 133 cm³/mol. The van der Waals surface area contributed by atoms with E-state index in [0.29, 0.717) is 16.1 Å². The summed E-state index contributed by atoms with van der Waals surface area (Å²) in [5.74, 6) is -0.195. The van der Waals surface area contributed by atoms with E-state index < -0.39 is 0 Å². The third-order valence-corrected chi connectivity index (χ3v) is 7.20. The number of pyridine rings is 1. The zero-order valence-corrected chi connectivity index (χ0v) is 20.0. The highest BCUT2D eigenvalue weighted by molar-refractivity contribution is 6.33. The van der Waals surface area contributed by atoms with Gasteiger partial charge in [-0.15, -0.1) is 0 Å². The van der Waals surface area contributed by atoms with E-state index in [1.54, 1.807) is 24.3 Å². The first kappa shape index (κ1) is 22.4. The maximum Gasteiger partial charge on any atom is 0.253 e. The number of carbonyl (C=O) groups excluding carboxylic acids is 2. The Kier molecular flexibility index (Phi) is 6.00. The molecule has 1 N–H and O–H groups in total. The molecule has 5 rings (SSSR count). The zero-order valence-electron chi connectivity index (χ0n) is 19.3. The van der Waals surface area contributed by atoms with Crippen LogP contribution in [0.15, 0.2) is 60.8 Å². The fraction of sp³-hybridized carbons (Fsp3) is 0.296. The van der Waals surface area contributed by atoms with E-state index in [2.05, 4.69) is 21.3 Å². The molecule has 34 heavy (non-hydrogen) atoms. The lowest BCUT2D eigenvalue weighted by atomic mass is 10.0. The Balaban J connectivity index is 1.26. The minimum atomic E-state index is -0.196. The molecule has 1 saturated heterocycles. The lowest BCUT2D eigenvalue weighted by Gasteiger charge is -2.45. The number of rotatable bonds is 5. The number of nitrogens with zero attached hydrogens (tertiary/aromatic N) is 3. The Labute approximate surface area is 204 Å². The Morgan fingerprint density at radius 1 is 1.12 bits per heavy atom. The molecule has 0 saturated carbocycles. The number of benzene rings is 2. The molecule has 1 aromatic heterocycles. The average Bonchev–Trinajstić information content (AvgIpc) is 3.19. The first-order valence-corrected chi connectivity index (χ1v) is 11.9. The van der Waals surface area contributed by atoms with Gasteiger partial charge in [0.15, 0.2) is 0 Å². The number of amides is 2. The van der Waals surface area contributed by atoms with Crippen LogP contribution in [0.3, 0.4) is 0 Å². The summed E-state index contributed by atoms with van der Waals surface area (Å²) < 4.78 is 0. The van der Waals surface area contributed by atoms with Crippen LogP contribution in [-0.2, 0) is 6.42 Å². The lowest BCUT2D eigenvalue weighted by molar-refractivity contribution is 0.0705. The molecule has 7 heteroatoms. The smallest absolute Gasteiger partial charge is 0.253 e. The molecular weight excluding hydrogens is 448 g/mol. The summed E-state index contributed by atoms with van der Waals surface area (Å²) in [6.07, 6.45) is 3.50. The maximum absolute atomic E-state index is 13.3. The molecule has 0 radical (unpaired) electrons. The second-order valence-electron chi connectivity index (χ2n) is 9.09. The molecule has 6 nitrogen and oxygen atoms in total. The number of hydrogen-bond acceptors (Lipinski definition) is 4. The van der Waals surface area contributed by atoms with Gasteiger partial charge in [0.05, 0.1) is 22.7 Å². The van der Waals surface area contributed by atoms with Gasteiger partial charge in [-0.05, 0) is 67.3 Å². The molecular formula is C27H27ClN4O2. The van der Waals surface area contributed by atoms with E-state index in [9.17, 15) is 9.59 Å². The molecule has 1 aliphatic carbocycles. The van der Waals surface area contributed by atoms with Gasteiger partial charge in [-0.1, -0.05) is 29.8 Å². The molecule has 3 aromatic rings. The zero-order chi connectivity index (χ0) is 23.8. The maximum atomic E-state index is 13.3. The summed E-state index contributed by atoms with van der Waals surface area (Å²) in [4.78, 5) is 34.4. The molecule has 174 valence electrons. The van der Waals surface area contributed by atoms with Gasteiger partial charge in [-0.2, -0.15) is 0 Å². The first-order valence-electron chi connectivity index (χ1n) is 11.5. The number of anilines is 1. The van der Waals surface area contributed by atoms with Crippen molar-refractivity contribution in [2.45, 2.75) is 31.8 Å². The standard InChI is InChI=1S/C27H27ClN4O2/c1-17-13-20(11-12-29-17)32-15-21(16-32)31(2)27(34)19-8-7-18-9-10-25(23(18)14-19)30-26(33)22-5-3-4-6-24(22)28/h3-8,11-14,21,25H,9-10,15-16H2,1-2H3,(H,30,33)/t25-/m1/s1. The van der Waals surface area contributed by atoms with Gasteiger partial charge in [0.1, 0.15) is 0 Å². The molecule has 2 amide bonds.